The van der Waals surface area contributed by atoms with E-state index >= 15 is 0 Å². The van der Waals surface area contributed by atoms with Gasteiger partial charge < -0.3 is 13.7 Å². The molecule has 5 nitrogen and oxygen atoms in total. The van der Waals surface area contributed by atoms with E-state index in [1.54, 1.807) is 7.11 Å². The molecule has 0 fully saturated rings. The second-order valence-electron chi connectivity index (χ2n) is 5.45. The van der Waals surface area contributed by atoms with E-state index in [0.29, 0.717) is 5.89 Å². The van der Waals surface area contributed by atoms with Gasteiger partial charge in [0.25, 0.3) is 4.84 Å². The fourth-order valence-electron chi connectivity index (χ4n) is 2.82. The van der Waals surface area contributed by atoms with E-state index in [9.17, 15) is 0 Å². The van der Waals surface area contributed by atoms with Gasteiger partial charge in [-0.15, -0.1) is 5.10 Å². The molecule has 1 N–H and O–H groups in total. The van der Waals surface area contributed by atoms with Crippen LogP contribution in [0.4, 0.5) is 0 Å². The molecule has 0 unspecified atom stereocenters. The molecule has 0 aliphatic heterocycles. The lowest BCUT2D eigenvalue weighted by Crippen LogP contribution is -1.97. The van der Waals surface area contributed by atoms with Crippen molar-refractivity contribution in [2.75, 3.05) is 7.11 Å². The number of benzene rings is 2. The van der Waals surface area contributed by atoms with E-state index in [1.165, 1.54) is 5.56 Å². The lowest BCUT2D eigenvalue weighted by Gasteiger charge is -2.06. The summed E-state index contributed by atoms with van der Waals surface area (Å²) in [5, 5.41) is 7.91. The molecule has 0 saturated carbocycles. The Morgan fingerprint density at radius 1 is 1.17 bits per heavy atom. The number of ether oxygens (including phenoxy) is 1. The Kier molecular flexibility index (Phi) is 3.66. The Morgan fingerprint density at radius 3 is 2.67 bits per heavy atom. The van der Waals surface area contributed by atoms with Gasteiger partial charge in [-0.3, -0.25) is 0 Å². The van der Waals surface area contributed by atoms with Crippen molar-refractivity contribution in [3.8, 4) is 17.2 Å². The predicted molar refractivity (Wildman–Crippen MR) is 94.7 cm³/mol. The second kappa shape index (κ2) is 5.98. The molecular weight excluding hydrogens is 322 g/mol. The lowest BCUT2D eigenvalue weighted by molar-refractivity contribution is 0.414. The number of fused-ring (bicyclic) bond motifs is 1. The minimum Gasteiger partial charge on any atom is -0.497 e. The van der Waals surface area contributed by atoms with Gasteiger partial charge in [-0.1, -0.05) is 30.3 Å². The second-order valence-corrected chi connectivity index (χ2v) is 5.82. The maximum absolute atomic E-state index is 5.49. The first-order valence-corrected chi connectivity index (χ1v) is 7.92. The molecule has 4 aromatic rings. The number of hydrogen-bond acceptors (Lipinski definition) is 4. The zero-order chi connectivity index (χ0) is 16.5. The molecule has 0 saturated heterocycles. The van der Waals surface area contributed by atoms with Gasteiger partial charge in [-0.05, 0) is 36.0 Å². The highest BCUT2D eigenvalue weighted by molar-refractivity contribution is 7.71. The van der Waals surface area contributed by atoms with Crippen molar-refractivity contribution in [2.45, 2.75) is 6.54 Å². The van der Waals surface area contributed by atoms with E-state index < -0.39 is 0 Å². The highest BCUT2D eigenvalue weighted by Gasteiger charge is 2.14. The largest absolute Gasteiger partial charge is 0.497 e. The molecule has 0 atom stereocenters. The molecule has 2 aromatic carbocycles. The summed E-state index contributed by atoms with van der Waals surface area (Å²) < 4.78 is 12.9. The van der Waals surface area contributed by atoms with Crippen molar-refractivity contribution in [3.05, 3.63) is 65.1 Å². The van der Waals surface area contributed by atoms with Gasteiger partial charge in [-0.2, -0.15) is 0 Å². The minimum absolute atomic E-state index is 0.275. The lowest BCUT2D eigenvalue weighted by atomic mass is 10.2. The van der Waals surface area contributed by atoms with Gasteiger partial charge in [0.2, 0.25) is 5.89 Å². The summed E-state index contributed by atoms with van der Waals surface area (Å²) in [4.78, 5) is 0.275. The van der Waals surface area contributed by atoms with Crippen LogP contribution >= 0.6 is 12.2 Å². The van der Waals surface area contributed by atoms with Crippen LogP contribution in [0.5, 0.6) is 5.75 Å². The molecule has 0 radical (unpaired) electrons. The predicted octanol–water partition coefficient (Wildman–Crippen LogP) is 4.41. The van der Waals surface area contributed by atoms with Crippen LogP contribution in [-0.4, -0.2) is 21.9 Å². The third-order valence-corrected chi connectivity index (χ3v) is 4.14. The number of nitrogens with zero attached hydrogens (tertiary/aromatic N) is 2. The summed E-state index contributed by atoms with van der Waals surface area (Å²) in [6, 6.07) is 16.2. The zero-order valence-corrected chi connectivity index (χ0v) is 13.8. The standard InChI is InChI=1S/C18H15N3O2S/c1-22-13-8-6-12(7-9-13)10-21-11-15(17-19-20-18(24)23-17)14-4-2-3-5-16(14)21/h2-9,11H,10H2,1H3,(H,20,24). The summed E-state index contributed by atoms with van der Waals surface area (Å²) >= 11 is 4.99. The fourth-order valence-corrected chi connectivity index (χ4v) is 2.95. The van der Waals surface area contributed by atoms with Crippen LogP contribution in [0.2, 0.25) is 0 Å². The van der Waals surface area contributed by atoms with Gasteiger partial charge in [0.1, 0.15) is 5.75 Å². The molecule has 0 aliphatic carbocycles. The van der Waals surface area contributed by atoms with Crippen molar-refractivity contribution >= 4 is 23.1 Å². The van der Waals surface area contributed by atoms with Crippen molar-refractivity contribution < 1.29 is 9.15 Å². The van der Waals surface area contributed by atoms with Crippen LogP contribution < -0.4 is 4.74 Å². The number of hydrogen-bond donors (Lipinski definition) is 1. The minimum atomic E-state index is 0.275. The molecule has 0 spiro atoms. The molecule has 6 heteroatoms. The molecule has 4 rings (SSSR count). The van der Waals surface area contributed by atoms with Crippen LogP contribution in [0.25, 0.3) is 22.4 Å². The van der Waals surface area contributed by atoms with Crippen LogP contribution in [0.15, 0.2) is 59.1 Å². The quantitative estimate of drug-likeness (QED) is 0.560. The summed E-state index contributed by atoms with van der Waals surface area (Å²) in [5.41, 5.74) is 3.23. The number of aromatic nitrogens is 3. The monoisotopic (exact) mass is 337 g/mol. The molecule has 0 aliphatic rings. The van der Waals surface area contributed by atoms with Gasteiger partial charge >= 0.3 is 0 Å². The molecular formula is C18H15N3O2S. The average Bonchev–Trinajstić information content (AvgIpc) is 3.20. The van der Waals surface area contributed by atoms with Crippen molar-refractivity contribution in [1.29, 1.82) is 0 Å². The maximum Gasteiger partial charge on any atom is 0.284 e. The molecule has 2 heterocycles. The Bertz CT molecular complexity index is 1040. The fraction of sp³-hybridized carbons (Fsp3) is 0.111. The van der Waals surface area contributed by atoms with E-state index in [4.69, 9.17) is 21.4 Å². The normalized spacial score (nSPS) is 11.0. The summed E-state index contributed by atoms with van der Waals surface area (Å²) in [7, 11) is 1.67. The van der Waals surface area contributed by atoms with Gasteiger partial charge in [0, 0.05) is 23.6 Å². The zero-order valence-electron chi connectivity index (χ0n) is 13.0. The molecule has 2 aromatic heterocycles. The van der Waals surface area contributed by atoms with Crippen LogP contribution in [0.1, 0.15) is 5.56 Å². The summed E-state index contributed by atoms with van der Waals surface area (Å²) in [5.74, 6) is 1.36. The SMILES string of the molecule is COc1ccc(Cn2cc(-c3n[nH]c(=S)o3)c3ccccc32)cc1. The molecule has 24 heavy (non-hydrogen) atoms. The summed E-state index contributed by atoms with van der Waals surface area (Å²) in [6.07, 6.45) is 2.04. The van der Waals surface area contributed by atoms with E-state index in [0.717, 1.165) is 28.8 Å². The third kappa shape index (κ3) is 2.61. The topological polar surface area (TPSA) is 56.0 Å². The highest BCUT2D eigenvalue weighted by atomic mass is 32.1. The van der Waals surface area contributed by atoms with E-state index in [1.807, 2.05) is 30.5 Å². The Hall–Kier alpha value is -2.86. The van der Waals surface area contributed by atoms with Crippen molar-refractivity contribution in [3.63, 3.8) is 0 Å². The first kappa shape index (κ1) is 14.7. The van der Waals surface area contributed by atoms with Crippen LogP contribution in [0.3, 0.4) is 0 Å². The average molecular weight is 337 g/mol. The first-order chi connectivity index (χ1) is 11.7. The van der Waals surface area contributed by atoms with Gasteiger partial charge in [0.05, 0.1) is 12.7 Å². The van der Waals surface area contributed by atoms with E-state index in [-0.39, 0.29) is 4.84 Å². The first-order valence-electron chi connectivity index (χ1n) is 7.51. The van der Waals surface area contributed by atoms with Crippen LogP contribution in [-0.2, 0) is 6.54 Å². The maximum atomic E-state index is 5.49. The Labute approximate surface area is 143 Å². The van der Waals surface area contributed by atoms with Crippen LogP contribution in [0, 0.1) is 4.84 Å². The number of para-hydroxylation sites is 1. The van der Waals surface area contributed by atoms with Crippen molar-refractivity contribution in [2.24, 2.45) is 0 Å². The molecule has 0 bridgehead atoms. The Balaban J connectivity index is 1.79. The number of rotatable bonds is 4. The number of methoxy groups -OCH3 is 1. The summed E-state index contributed by atoms with van der Waals surface area (Å²) in [6.45, 7) is 0.746. The smallest absolute Gasteiger partial charge is 0.284 e. The number of H-pyrrole nitrogens is 1. The Morgan fingerprint density at radius 2 is 1.96 bits per heavy atom. The number of nitrogens with one attached hydrogen (secondary N) is 1. The molecule has 120 valence electrons. The van der Waals surface area contributed by atoms with Gasteiger partial charge in [0.15, 0.2) is 0 Å². The third-order valence-electron chi connectivity index (χ3n) is 3.97. The number of aromatic amines is 1. The molecule has 0 amide bonds. The van der Waals surface area contributed by atoms with Gasteiger partial charge in [-0.25, -0.2) is 5.10 Å². The van der Waals surface area contributed by atoms with Crippen molar-refractivity contribution in [1.82, 2.24) is 14.8 Å². The van der Waals surface area contributed by atoms with E-state index in [2.05, 4.69) is 39.0 Å². The highest BCUT2D eigenvalue weighted by Crippen LogP contribution is 2.30.